The number of nitrogens with zero attached hydrogens (tertiary/aromatic N) is 2. The lowest BCUT2D eigenvalue weighted by Gasteiger charge is -2.40. The van der Waals surface area contributed by atoms with E-state index in [9.17, 15) is 14.0 Å². The number of benzene rings is 2. The highest BCUT2D eigenvalue weighted by atomic mass is 19.1. The third kappa shape index (κ3) is 4.64. The molecule has 0 unspecified atom stereocenters. The fraction of sp³-hybridized carbons (Fsp3) is 0.333. The number of hydrogen-bond donors (Lipinski definition) is 0. The van der Waals surface area contributed by atoms with E-state index in [4.69, 9.17) is 4.74 Å². The number of carbonyl (C=O) groups is 2. The van der Waals surface area contributed by atoms with Crippen LogP contribution in [0, 0.1) is 5.82 Å². The predicted molar refractivity (Wildman–Crippen MR) is 99.8 cm³/mol. The summed E-state index contributed by atoms with van der Waals surface area (Å²) in [6.45, 7) is 1.49. The van der Waals surface area contributed by atoms with E-state index in [1.54, 1.807) is 24.1 Å². The number of piperazine rings is 1. The number of aryl methyl sites for hydroxylation is 1. The predicted octanol–water partition coefficient (Wildman–Crippen LogP) is 2.81. The number of rotatable bonds is 6. The van der Waals surface area contributed by atoms with Crippen molar-refractivity contribution < 1.29 is 18.7 Å². The summed E-state index contributed by atoms with van der Waals surface area (Å²) in [5.74, 6) is 0.497. The molecule has 142 valence electrons. The van der Waals surface area contributed by atoms with Crippen molar-refractivity contribution in [3.8, 4) is 5.75 Å². The highest BCUT2D eigenvalue weighted by molar-refractivity contribution is 5.77. The van der Waals surface area contributed by atoms with Gasteiger partial charge in [-0.3, -0.25) is 9.59 Å². The van der Waals surface area contributed by atoms with E-state index in [1.807, 2.05) is 29.2 Å². The summed E-state index contributed by atoms with van der Waals surface area (Å²) in [7, 11) is 1.61. The van der Waals surface area contributed by atoms with Gasteiger partial charge in [-0.2, -0.15) is 0 Å². The molecule has 3 rings (SSSR count). The molecule has 1 aliphatic rings. The first-order chi connectivity index (χ1) is 13.1. The fourth-order valence-corrected chi connectivity index (χ4v) is 3.36. The van der Waals surface area contributed by atoms with Gasteiger partial charge in [0.2, 0.25) is 12.3 Å². The number of halogens is 1. The first-order valence-electron chi connectivity index (χ1n) is 8.98. The van der Waals surface area contributed by atoms with Crippen LogP contribution < -0.4 is 4.74 Å². The van der Waals surface area contributed by atoms with Crippen molar-refractivity contribution in [2.24, 2.45) is 0 Å². The summed E-state index contributed by atoms with van der Waals surface area (Å²) in [4.78, 5) is 27.6. The van der Waals surface area contributed by atoms with Crippen LogP contribution in [-0.2, 0) is 16.0 Å². The van der Waals surface area contributed by atoms with Crippen LogP contribution in [0.1, 0.15) is 23.6 Å². The summed E-state index contributed by atoms with van der Waals surface area (Å²) >= 11 is 0. The largest absolute Gasteiger partial charge is 0.497 e. The molecule has 5 nitrogen and oxygen atoms in total. The third-order valence-electron chi connectivity index (χ3n) is 4.92. The zero-order valence-corrected chi connectivity index (χ0v) is 15.3. The molecule has 0 spiro atoms. The number of amides is 2. The Bertz CT molecular complexity index is 777. The molecule has 27 heavy (non-hydrogen) atoms. The molecule has 1 fully saturated rings. The lowest BCUT2D eigenvalue weighted by Crippen LogP contribution is -2.50. The van der Waals surface area contributed by atoms with Crippen molar-refractivity contribution in [1.29, 1.82) is 0 Å². The van der Waals surface area contributed by atoms with Crippen molar-refractivity contribution in [3.63, 3.8) is 0 Å². The Hall–Kier alpha value is -2.89. The molecule has 2 aromatic carbocycles. The molecule has 0 bridgehead atoms. The van der Waals surface area contributed by atoms with Crippen LogP contribution in [0.25, 0.3) is 0 Å². The SMILES string of the molecule is COc1ccc([C@@H]2CN(C=O)CCN2C(=O)CCc2ccc(F)cc2)cc1. The van der Waals surface area contributed by atoms with Gasteiger partial charge < -0.3 is 14.5 Å². The first kappa shape index (κ1) is 18.9. The van der Waals surface area contributed by atoms with E-state index in [0.29, 0.717) is 32.5 Å². The van der Waals surface area contributed by atoms with Crippen LogP contribution in [0.2, 0.25) is 0 Å². The highest BCUT2D eigenvalue weighted by Crippen LogP contribution is 2.27. The van der Waals surface area contributed by atoms with E-state index >= 15 is 0 Å². The Labute approximate surface area is 158 Å². The Morgan fingerprint density at radius 1 is 1.15 bits per heavy atom. The quantitative estimate of drug-likeness (QED) is 0.735. The molecule has 1 saturated heterocycles. The molecular weight excluding hydrogens is 347 g/mol. The molecule has 2 aromatic rings. The van der Waals surface area contributed by atoms with Crippen LogP contribution in [-0.4, -0.2) is 48.9 Å². The lowest BCUT2D eigenvalue weighted by atomic mass is 10.0. The van der Waals surface area contributed by atoms with Crippen molar-refractivity contribution in [1.82, 2.24) is 9.80 Å². The topological polar surface area (TPSA) is 49.9 Å². The van der Waals surface area contributed by atoms with Gasteiger partial charge in [-0.25, -0.2) is 4.39 Å². The monoisotopic (exact) mass is 370 g/mol. The van der Waals surface area contributed by atoms with E-state index in [1.165, 1.54) is 12.1 Å². The minimum atomic E-state index is -0.283. The lowest BCUT2D eigenvalue weighted by molar-refractivity contribution is -0.139. The number of hydrogen-bond acceptors (Lipinski definition) is 3. The zero-order chi connectivity index (χ0) is 19.2. The highest BCUT2D eigenvalue weighted by Gasteiger charge is 2.30. The second-order valence-electron chi connectivity index (χ2n) is 6.60. The minimum absolute atomic E-state index is 0.0330. The molecule has 1 atom stereocenters. The Morgan fingerprint density at radius 2 is 1.85 bits per heavy atom. The van der Waals surface area contributed by atoms with E-state index in [2.05, 4.69) is 0 Å². The Kier molecular flexibility index (Phi) is 6.06. The van der Waals surface area contributed by atoms with Crippen molar-refractivity contribution in [2.75, 3.05) is 26.7 Å². The standard InChI is InChI=1S/C21H23FN2O3/c1-27-19-9-5-17(6-10-19)20-14-23(15-25)12-13-24(20)21(26)11-4-16-2-7-18(22)8-3-16/h2-3,5-10,15,20H,4,11-14H2,1H3/t20-/m0/s1. The molecule has 0 aliphatic carbocycles. The smallest absolute Gasteiger partial charge is 0.223 e. The second-order valence-corrected chi connectivity index (χ2v) is 6.60. The van der Waals surface area contributed by atoms with Gasteiger partial charge in [-0.1, -0.05) is 24.3 Å². The zero-order valence-electron chi connectivity index (χ0n) is 15.3. The van der Waals surface area contributed by atoms with Gasteiger partial charge >= 0.3 is 0 Å². The minimum Gasteiger partial charge on any atom is -0.497 e. The van der Waals surface area contributed by atoms with Gasteiger partial charge in [0, 0.05) is 26.1 Å². The Balaban J connectivity index is 1.72. The van der Waals surface area contributed by atoms with Crippen LogP contribution in [0.15, 0.2) is 48.5 Å². The summed E-state index contributed by atoms with van der Waals surface area (Å²) in [5, 5.41) is 0. The van der Waals surface area contributed by atoms with E-state index in [0.717, 1.165) is 23.3 Å². The van der Waals surface area contributed by atoms with Gasteiger partial charge in [-0.05, 0) is 41.8 Å². The molecule has 1 aliphatic heterocycles. The van der Waals surface area contributed by atoms with Gasteiger partial charge in [0.1, 0.15) is 11.6 Å². The van der Waals surface area contributed by atoms with Crippen molar-refractivity contribution >= 4 is 12.3 Å². The van der Waals surface area contributed by atoms with Crippen LogP contribution in [0.3, 0.4) is 0 Å². The van der Waals surface area contributed by atoms with E-state index in [-0.39, 0.29) is 17.8 Å². The summed E-state index contributed by atoms with van der Waals surface area (Å²) < 4.78 is 18.2. The van der Waals surface area contributed by atoms with Crippen molar-refractivity contribution in [2.45, 2.75) is 18.9 Å². The fourth-order valence-electron chi connectivity index (χ4n) is 3.36. The van der Waals surface area contributed by atoms with Crippen LogP contribution in [0.5, 0.6) is 5.75 Å². The normalized spacial score (nSPS) is 16.9. The van der Waals surface area contributed by atoms with Crippen LogP contribution >= 0.6 is 0 Å². The molecule has 0 radical (unpaired) electrons. The first-order valence-corrected chi connectivity index (χ1v) is 8.98. The molecule has 2 amide bonds. The third-order valence-corrected chi connectivity index (χ3v) is 4.92. The van der Waals surface area contributed by atoms with Gasteiger partial charge in [0.15, 0.2) is 0 Å². The molecule has 0 aromatic heterocycles. The van der Waals surface area contributed by atoms with Crippen molar-refractivity contribution in [3.05, 3.63) is 65.5 Å². The van der Waals surface area contributed by atoms with Gasteiger partial charge in [-0.15, -0.1) is 0 Å². The molecular formula is C21H23FN2O3. The molecule has 0 N–H and O–H groups in total. The van der Waals surface area contributed by atoms with E-state index < -0.39 is 0 Å². The summed E-state index contributed by atoms with van der Waals surface area (Å²) in [5.41, 5.74) is 1.90. The number of methoxy groups -OCH3 is 1. The van der Waals surface area contributed by atoms with Gasteiger partial charge in [0.05, 0.1) is 13.2 Å². The maximum absolute atomic E-state index is 13.0. The maximum atomic E-state index is 13.0. The summed E-state index contributed by atoms with van der Waals surface area (Å²) in [6, 6.07) is 13.6. The molecule has 0 saturated carbocycles. The second kappa shape index (κ2) is 8.66. The van der Waals surface area contributed by atoms with Crippen LogP contribution in [0.4, 0.5) is 4.39 Å². The Morgan fingerprint density at radius 3 is 2.48 bits per heavy atom. The van der Waals surface area contributed by atoms with Gasteiger partial charge in [0.25, 0.3) is 0 Å². The summed E-state index contributed by atoms with van der Waals surface area (Å²) in [6.07, 6.45) is 1.73. The number of carbonyl (C=O) groups excluding carboxylic acids is 2. The maximum Gasteiger partial charge on any atom is 0.223 e. The average molecular weight is 370 g/mol. The number of ether oxygens (including phenoxy) is 1. The average Bonchev–Trinajstić information content (AvgIpc) is 2.72. The molecule has 6 heteroatoms. The molecule has 1 heterocycles.